The second-order valence-corrected chi connectivity index (χ2v) is 6.72. The fraction of sp³-hybridized carbons (Fsp3) is 0.250. The van der Waals surface area contributed by atoms with Crippen molar-refractivity contribution >= 4 is 0 Å². The molecule has 2 nitrogen and oxygen atoms in total. The van der Waals surface area contributed by atoms with Crippen molar-refractivity contribution in [2.75, 3.05) is 7.11 Å². The highest BCUT2D eigenvalue weighted by Gasteiger charge is 2.23. The first-order chi connectivity index (χ1) is 14.0. The van der Waals surface area contributed by atoms with Crippen molar-refractivity contribution in [3.05, 3.63) is 83.2 Å². The molecule has 0 radical (unpaired) electrons. The normalized spacial score (nSPS) is 11.0. The second-order valence-electron chi connectivity index (χ2n) is 6.72. The predicted molar refractivity (Wildman–Crippen MR) is 108 cm³/mol. The number of hydrogen-bond donors (Lipinski definition) is 0. The molecule has 0 spiro atoms. The van der Waals surface area contributed by atoms with E-state index in [1.807, 2.05) is 24.3 Å². The molecule has 0 aliphatic heterocycles. The molecular weight excluding hydrogens is 377 g/mol. The summed E-state index contributed by atoms with van der Waals surface area (Å²) in [6, 6.07) is 17.2. The highest BCUT2D eigenvalue weighted by Crippen LogP contribution is 2.38. The summed E-state index contributed by atoms with van der Waals surface area (Å²) in [5.41, 5.74) is 2.02. The van der Waals surface area contributed by atoms with E-state index in [-0.39, 0.29) is 17.9 Å². The van der Waals surface area contributed by atoms with Gasteiger partial charge in [-0.25, -0.2) is 13.2 Å². The Morgan fingerprint density at radius 2 is 1.52 bits per heavy atom. The molecule has 0 aromatic heterocycles. The van der Waals surface area contributed by atoms with E-state index in [4.69, 9.17) is 9.47 Å². The molecule has 3 aromatic carbocycles. The first-order valence-corrected chi connectivity index (χ1v) is 9.49. The van der Waals surface area contributed by atoms with Gasteiger partial charge >= 0.3 is 0 Å². The average molecular weight is 400 g/mol. The van der Waals surface area contributed by atoms with E-state index in [0.29, 0.717) is 11.3 Å². The number of aryl methyl sites for hydroxylation is 1. The number of ether oxygens (including phenoxy) is 2. The lowest BCUT2D eigenvalue weighted by Gasteiger charge is -2.15. The van der Waals surface area contributed by atoms with Gasteiger partial charge in [-0.1, -0.05) is 49.7 Å². The van der Waals surface area contributed by atoms with Crippen LogP contribution in [0.1, 0.15) is 36.5 Å². The van der Waals surface area contributed by atoms with E-state index in [1.165, 1.54) is 24.8 Å². The van der Waals surface area contributed by atoms with Gasteiger partial charge in [-0.05, 0) is 52.9 Å². The Morgan fingerprint density at radius 1 is 0.862 bits per heavy atom. The Hall–Kier alpha value is -2.95. The molecule has 3 aromatic rings. The van der Waals surface area contributed by atoms with Crippen LogP contribution in [0.15, 0.2) is 60.7 Å². The van der Waals surface area contributed by atoms with Gasteiger partial charge in [0.15, 0.2) is 11.6 Å². The number of rotatable bonds is 8. The fourth-order valence-corrected chi connectivity index (χ4v) is 3.17. The lowest BCUT2D eigenvalue weighted by Crippen LogP contribution is -2.02. The molecule has 0 saturated carbocycles. The summed E-state index contributed by atoms with van der Waals surface area (Å²) < 4.78 is 52.8. The van der Waals surface area contributed by atoms with Gasteiger partial charge in [0.25, 0.3) is 6.43 Å². The number of methoxy groups -OCH3 is 1. The molecule has 0 unspecified atom stereocenters. The molecule has 5 heteroatoms. The zero-order valence-electron chi connectivity index (χ0n) is 16.4. The first-order valence-electron chi connectivity index (χ1n) is 9.49. The summed E-state index contributed by atoms with van der Waals surface area (Å²) in [5.74, 6) is -0.621. The monoisotopic (exact) mass is 400 g/mol. The van der Waals surface area contributed by atoms with E-state index < -0.39 is 17.8 Å². The minimum Gasteiger partial charge on any atom is -0.497 e. The van der Waals surface area contributed by atoms with Crippen LogP contribution >= 0.6 is 0 Å². The molecule has 3 rings (SSSR count). The van der Waals surface area contributed by atoms with E-state index in [9.17, 15) is 13.2 Å². The van der Waals surface area contributed by atoms with Crippen molar-refractivity contribution in [2.24, 2.45) is 0 Å². The first kappa shape index (κ1) is 20.8. The molecule has 0 N–H and O–H groups in total. The van der Waals surface area contributed by atoms with Crippen LogP contribution in [0.25, 0.3) is 11.1 Å². The maximum Gasteiger partial charge on any atom is 0.267 e. The van der Waals surface area contributed by atoms with E-state index in [0.717, 1.165) is 18.4 Å². The van der Waals surface area contributed by atoms with Crippen LogP contribution in [0.2, 0.25) is 0 Å². The lowest BCUT2D eigenvalue weighted by molar-refractivity contribution is 0.145. The minimum absolute atomic E-state index is 0.105. The number of benzene rings is 3. The molecule has 0 aliphatic rings. The fourth-order valence-electron chi connectivity index (χ4n) is 3.17. The molecule has 0 amide bonds. The quantitative estimate of drug-likeness (QED) is 0.406. The zero-order chi connectivity index (χ0) is 20.8. The Bertz CT molecular complexity index is 936. The third kappa shape index (κ3) is 4.91. The molecular formula is C24H23F3O2. The highest BCUT2D eigenvalue weighted by atomic mass is 19.3. The molecule has 152 valence electrons. The maximum atomic E-state index is 14.9. The third-order valence-electron chi connectivity index (χ3n) is 4.72. The van der Waals surface area contributed by atoms with E-state index >= 15 is 0 Å². The topological polar surface area (TPSA) is 18.5 Å². The maximum absolute atomic E-state index is 14.9. The van der Waals surface area contributed by atoms with Crippen LogP contribution in [0.3, 0.4) is 0 Å². The Labute approximate surface area is 168 Å². The highest BCUT2D eigenvalue weighted by molar-refractivity contribution is 5.69. The largest absolute Gasteiger partial charge is 0.497 e. The number of hydrogen-bond acceptors (Lipinski definition) is 2. The van der Waals surface area contributed by atoms with Gasteiger partial charge in [-0.2, -0.15) is 0 Å². The number of halogens is 3. The van der Waals surface area contributed by atoms with Crippen LogP contribution in [0.4, 0.5) is 13.2 Å². The molecule has 29 heavy (non-hydrogen) atoms. The van der Waals surface area contributed by atoms with Crippen LogP contribution < -0.4 is 9.47 Å². The molecule has 0 atom stereocenters. The Kier molecular flexibility index (Phi) is 6.81. The van der Waals surface area contributed by atoms with Gasteiger partial charge in [-0.15, -0.1) is 0 Å². The summed E-state index contributed by atoms with van der Waals surface area (Å²) in [7, 11) is 1.52. The second kappa shape index (κ2) is 9.50. The zero-order valence-corrected chi connectivity index (χ0v) is 16.4. The molecule has 0 heterocycles. The van der Waals surface area contributed by atoms with Gasteiger partial charge in [0, 0.05) is 0 Å². The summed E-state index contributed by atoms with van der Waals surface area (Å²) in [4.78, 5) is 0. The van der Waals surface area contributed by atoms with E-state index in [2.05, 4.69) is 6.92 Å². The van der Waals surface area contributed by atoms with Crippen molar-refractivity contribution < 1.29 is 22.6 Å². The summed E-state index contributed by atoms with van der Waals surface area (Å²) >= 11 is 0. The summed E-state index contributed by atoms with van der Waals surface area (Å²) in [5, 5.41) is 0. The molecule has 0 aliphatic carbocycles. The van der Waals surface area contributed by atoms with Crippen LogP contribution in [0.5, 0.6) is 11.5 Å². The SMILES string of the molecule is CCCc1ccc(COc2ccc(-c3ccc(OC)cc3)c(C(F)F)c2F)cc1. The van der Waals surface area contributed by atoms with Crippen molar-refractivity contribution in [3.8, 4) is 22.6 Å². The average Bonchev–Trinajstić information content (AvgIpc) is 2.73. The van der Waals surface area contributed by atoms with Gasteiger partial charge in [0.1, 0.15) is 12.4 Å². The molecule has 0 bridgehead atoms. The van der Waals surface area contributed by atoms with Crippen molar-refractivity contribution in [2.45, 2.75) is 32.8 Å². The van der Waals surface area contributed by atoms with Gasteiger partial charge in [0.2, 0.25) is 0 Å². The minimum atomic E-state index is -2.97. The lowest BCUT2D eigenvalue weighted by atomic mass is 9.99. The van der Waals surface area contributed by atoms with Crippen LogP contribution in [-0.2, 0) is 13.0 Å². The predicted octanol–water partition coefficient (Wildman–Crippen LogP) is 6.97. The summed E-state index contributed by atoms with van der Waals surface area (Å²) in [6.07, 6.45) is -0.929. The smallest absolute Gasteiger partial charge is 0.267 e. The van der Waals surface area contributed by atoms with Crippen molar-refractivity contribution in [3.63, 3.8) is 0 Å². The Morgan fingerprint density at radius 3 is 2.10 bits per heavy atom. The van der Waals surface area contributed by atoms with Crippen LogP contribution in [-0.4, -0.2) is 7.11 Å². The molecule has 0 fully saturated rings. The van der Waals surface area contributed by atoms with Crippen LogP contribution in [0, 0.1) is 5.82 Å². The van der Waals surface area contributed by atoms with E-state index in [1.54, 1.807) is 24.3 Å². The summed E-state index contributed by atoms with van der Waals surface area (Å²) in [6.45, 7) is 2.21. The molecule has 0 saturated heterocycles. The number of alkyl halides is 2. The van der Waals surface area contributed by atoms with Gasteiger partial charge in [-0.3, -0.25) is 0 Å². The standard InChI is InChI=1S/C24H23F3O2/c1-3-4-16-5-7-17(8-6-16)15-29-21-14-13-20(22(23(21)25)24(26)27)18-9-11-19(28-2)12-10-18/h5-14,24H,3-4,15H2,1-2H3. The Balaban J connectivity index is 1.83. The third-order valence-corrected chi connectivity index (χ3v) is 4.72. The van der Waals surface area contributed by atoms with Crippen molar-refractivity contribution in [1.29, 1.82) is 0 Å². The van der Waals surface area contributed by atoms with Crippen molar-refractivity contribution in [1.82, 2.24) is 0 Å². The van der Waals surface area contributed by atoms with Gasteiger partial charge < -0.3 is 9.47 Å². The van der Waals surface area contributed by atoms with Gasteiger partial charge in [0.05, 0.1) is 12.7 Å².